The van der Waals surface area contributed by atoms with Crippen LogP contribution in [-0.2, 0) is 26.2 Å². The largest absolute Gasteiger partial charge is 0.352 e. The lowest BCUT2D eigenvalue weighted by molar-refractivity contribution is -0.140. The summed E-state index contributed by atoms with van der Waals surface area (Å²) in [6.07, 6.45) is 1.47. The molecule has 0 fully saturated rings. The van der Waals surface area contributed by atoms with E-state index in [-0.39, 0.29) is 49.6 Å². The standard InChI is InChI=1S/C25H34FN3O4S/c1-18(2)27-25(31)20(4)28(17-21-11-13-22(26)14-12-21)24(30)10-7-15-29(34(5,32)33)23-9-6-8-19(3)16-23/h6,8-9,11-14,16,18,20H,7,10,15,17H2,1-5H3,(H,27,31). The molecule has 0 heterocycles. The summed E-state index contributed by atoms with van der Waals surface area (Å²) in [6.45, 7) is 7.47. The summed E-state index contributed by atoms with van der Waals surface area (Å²) < 4.78 is 39.3. The van der Waals surface area contributed by atoms with Crippen molar-refractivity contribution < 1.29 is 22.4 Å². The van der Waals surface area contributed by atoms with Crippen molar-refractivity contribution in [1.82, 2.24) is 10.2 Å². The highest BCUT2D eigenvalue weighted by molar-refractivity contribution is 7.92. The van der Waals surface area contributed by atoms with Gasteiger partial charge in [-0.25, -0.2) is 12.8 Å². The molecule has 0 saturated heterocycles. The number of amides is 2. The van der Waals surface area contributed by atoms with E-state index in [4.69, 9.17) is 0 Å². The average molecular weight is 492 g/mol. The minimum Gasteiger partial charge on any atom is -0.352 e. The third-order valence-corrected chi connectivity index (χ3v) is 6.50. The average Bonchev–Trinajstić information content (AvgIpc) is 2.74. The lowest BCUT2D eigenvalue weighted by Gasteiger charge is -2.30. The molecule has 0 aliphatic carbocycles. The maximum absolute atomic E-state index is 13.3. The van der Waals surface area contributed by atoms with Crippen LogP contribution in [0.2, 0.25) is 0 Å². The van der Waals surface area contributed by atoms with Crippen LogP contribution in [0.15, 0.2) is 48.5 Å². The SMILES string of the molecule is Cc1cccc(N(CCCC(=O)N(Cc2ccc(F)cc2)C(C)C(=O)NC(C)C)S(C)(=O)=O)c1. The number of sulfonamides is 1. The van der Waals surface area contributed by atoms with Gasteiger partial charge in [0.2, 0.25) is 21.8 Å². The topological polar surface area (TPSA) is 86.8 Å². The zero-order valence-electron chi connectivity index (χ0n) is 20.4. The molecule has 186 valence electrons. The molecule has 2 amide bonds. The van der Waals surface area contributed by atoms with Crippen molar-refractivity contribution in [2.24, 2.45) is 0 Å². The molecule has 0 aromatic heterocycles. The second kappa shape index (κ2) is 12.0. The van der Waals surface area contributed by atoms with E-state index in [0.717, 1.165) is 11.8 Å². The summed E-state index contributed by atoms with van der Waals surface area (Å²) in [5.74, 6) is -0.958. The lowest BCUT2D eigenvalue weighted by atomic mass is 10.1. The minimum atomic E-state index is -3.54. The van der Waals surface area contributed by atoms with Crippen molar-refractivity contribution in [3.8, 4) is 0 Å². The zero-order valence-corrected chi connectivity index (χ0v) is 21.2. The van der Waals surface area contributed by atoms with E-state index in [2.05, 4.69) is 5.32 Å². The highest BCUT2D eigenvalue weighted by atomic mass is 32.2. The van der Waals surface area contributed by atoms with Gasteiger partial charge in [0.25, 0.3) is 0 Å². The second-order valence-corrected chi connectivity index (χ2v) is 10.7. The van der Waals surface area contributed by atoms with Gasteiger partial charge in [-0.1, -0.05) is 24.3 Å². The van der Waals surface area contributed by atoms with Crippen molar-refractivity contribution in [3.63, 3.8) is 0 Å². The van der Waals surface area contributed by atoms with E-state index in [1.165, 1.54) is 21.3 Å². The third-order valence-electron chi connectivity index (χ3n) is 5.31. The van der Waals surface area contributed by atoms with Crippen LogP contribution in [0.1, 0.15) is 44.7 Å². The zero-order chi connectivity index (χ0) is 25.5. The van der Waals surface area contributed by atoms with Crippen LogP contribution < -0.4 is 9.62 Å². The van der Waals surface area contributed by atoms with E-state index in [1.54, 1.807) is 37.3 Å². The fourth-order valence-electron chi connectivity index (χ4n) is 3.56. The number of benzene rings is 2. The Balaban J connectivity index is 2.16. The van der Waals surface area contributed by atoms with Gasteiger partial charge in [0.1, 0.15) is 11.9 Å². The first-order valence-electron chi connectivity index (χ1n) is 11.3. The third kappa shape index (κ3) is 8.13. The van der Waals surface area contributed by atoms with E-state index in [1.807, 2.05) is 26.8 Å². The van der Waals surface area contributed by atoms with Gasteiger partial charge in [-0.05, 0) is 69.5 Å². The van der Waals surface area contributed by atoms with Gasteiger partial charge < -0.3 is 10.2 Å². The maximum atomic E-state index is 13.3. The number of anilines is 1. The van der Waals surface area contributed by atoms with Crippen LogP contribution >= 0.6 is 0 Å². The van der Waals surface area contributed by atoms with Crippen molar-refractivity contribution in [1.29, 1.82) is 0 Å². The molecule has 34 heavy (non-hydrogen) atoms. The number of aryl methyl sites for hydroxylation is 1. The number of nitrogens with zero attached hydrogens (tertiary/aromatic N) is 2. The van der Waals surface area contributed by atoms with Crippen LogP contribution in [0.25, 0.3) is 0 Å². The molecule has 0 bridgehead atoms. The lowest BCUT2D eigenvalue weighted by Crippen LogP contribution is -2.49. The monoisotopic (exact) mass is 491 g/mol. The summed E-state index contributed by atoms with van der Waals surface area (Å²) >= 11 is 0. The summed E-state index contributed by atoms with van der Waals surface area (Å²) in [5, 5.41) is 2.81. The molecule has 0 aliphatic rings. The molecule has 7 nitrogen and oxygen atoms in total. The van der Waals surface area contributed by atoms with Gasteiger partial charge in [0.15, 0.2) is 0 Å². The van der Waals surface area contributed by atoms with Gasteiger partial charge in [0.05, 0.1) is 11.9 Å². The number of hydrogen-bond acceptors (Lipinski definition) is 4. The fraction of sp³-hybridized carbons (Fsp3) is 0.440. The molecular formula is C25H34FN3O4S. The Labute approximate surface area is 202 Å². The number of halogens is 1. The van der Waals surface area contributed by atoms with E-state index < -0.39 is 16.1 Å². The first kappa shape index (κ1) is 27.3. The van der Waals surface area contributed by atoms with E-state index >= 15 is 0 Å². The highest BCUT2D eigenvalue weighted by Gasteiger charge is 2.27. The molecule has 0 radical (unpaired) electrons. The molecular weight excluding hydrogens is 457 g/mol. The smallest absolute Gasteiger partial charge is 0.242 e. The molecule has 2 aromatic carbocycles. The van der Waals surface area contributed by atoms with Crippen molar-refractivity contribution in [2.75, 3.05) is 17.1 Å². The Morgan fingerprint density at radius 1 is 1.06 bits per heavy atom. The number of carbonyl (C=O) groups excluding carboxylic acids is 2. The number of nitrogens with one attached hydrogen (secondary N) is 1. The van der Waals surface area contributed by atoms with Crippen LogP contribution in [0.3, 0.4) is 0 Å². The fourth-order valence-corrected chi connectivity index (χ4v) is 4.52. The second-order valence-electron chi connectivity index (χ2n) is 8.77. The highest BCUT2D eigenvalue weighted by Crippen LogP contribution is 2.20. The van der Waals surface area contributed by atoms with Gasteiger partial charge in [-0.2, -0.15) is 0 Å². The molecule has 0 saturated carbocycles. The number of rotatable bonds is 11. The van der Waals surface area contributed by atoms with Crippen molar-refractivity contribution in [3.05, 3.63) is 65.5 Å². The van der Waals surface area contributed by atoms with Crippen molar-refractivity contribution >= 4 is 27.5 Å². The van der Waals surface area contributed by atoms with E-state index in [0.29, 0.717) is 11.3 Å². The molecule has 2 aromatic rings. The van der Waals surface area contributed by atoms with E-state index in [9.17, 15) is 22.4 Å². The molecule has 2 rings (SSSR count). The first-order chi connectivity index (χ1) is 15.9. The molecule has 0 spiro atoms. The predicted molar refractivity (Wildman–Crippen MR) is 132 cm³/mol. The normalized spacial score (nSPS) is 12.3. The first-order valence-corrected chi connectivity index (χ1v) is 13.1. The maximum Gasteiger partial charge on any atom is 0.242 e. The quantitative estimate of drug-likeness (QED) is 0.520. The van der Waals surface area contributed by atoms with Gasteiger partial charge >= 0.3 is 0 Å². The summed E-state index contributed by atoms with van der Waals surface area (Å²) in [6, 6.07) is 12.1. The Kier molecular flexibility index (Phi) is 9.61. The van der Waals surface area contributed by atoms with Crippen LogP contribution in [0, 0.1) is 12.7 Å². The summed E-state index contributed by atoms with van der Waals surface area (Å²) in [7, 11) is -3.54. The molecule has 1 unspecified atom stereocenters. The predicted octanol–water partition coefficient (Wildman–Crippen LogP) is 3.62. The molecule has 9 heteroatoms. The minimum absolute atomic E-state index is 0.0539. The summed E-state index contributed by atoms with van der Waals surface area (Å²) in [4.78, 5) is 27.2. The summed E-state index contributed by atoms with van der Waals surface area (Å²) in [5.41, 5.74) is 2.16. The van der Waals surface area contributed by atoms with Gasteiger partial charge in [0, 0.05) is 25.6 Å². The van der Waals surface area contributed by atoms with Crippen molar-refractivity contribution in [2.45, 2.75) is 59.2 Å². The molecule has 1 N–H and O–H groups in total. The molecule has 0 aliphatic heterocycles. The Hall–Kier alpha value is -2.94. The van der Waals surface area contributed by atoms with Gasteiger partial charge in [-0.3, -0.25) is 13.9 Å². The van der Waals surface area contributed by atoms with Crippen LogP contribution in [0.5, 0.6) is 0 Å². The Morgan fingerprint density at radius 2 is 1.71 bits per heavy atom. The number of hydrogen-bond donors (Lipinski definition) is 1. The van der Waals surface area contributed by atoms with Crippen LogP contribution in [0.4, 0.5) is 10.1 Å². The van der Waals surface area contributed by atoms with Crippen LogP contribution in [-0.4, -0.2) is 50.0 Å². The Bertz CT molecular complexity index is 1090. The van der Waals surface area contributed by atoms with Gasteiger partial charge in [-0.15, -0.1) is 0 Å². The molecule has 1 atom stereocenters. The Morgan fingerprint density at radius 3 is 2.26 bits per heavy atom. The number of carbonyl (C=O) groups is 2.